The van der Waals surface area contributed by atoms with Crippen molar-refractivity contribution < 1.29 is 0 Å². The van der Waals surface area contributed by atoms with Gasteiger partial charge in [-0.25, -0.2) is 0 Å². The minimum absolute atomic E-state index is 0.550. The molecule has 0 saturated heterocycles. The van der Waals surface area contributed by atoms with E-state index in [2.05, 4.69) is 81.9 Å². The van der Waals surface area contributed by atoms with E-state index in [1.54, 1.807) is 0 Å². The highest BCUT2D eigenvalue weighted by molar-refractivity contribution is 6.30. The summed E-state index contributed by atoms with van der Waals surface area (Å²) >= 11 is 6.40. The molecule has 0 atom stereocenters. The molecule has 184 valence electrons. The molecule has 5 nitrogen and oxygen atoms in total. The molecule has 0 fully saturated rings. The van der Waals surface area contributed by atoms with E-state index < -0.39 is 0 Å². The number of benzene rings is 5. The maximum absolute atomic E-state index is 6.40. The van der Waals surface area contributed by atoms with Gasteiger partial charge in [0.05, 0.1) is 22.1 Å². The van der Waals surface area contributed by atoms with E-state index in [1.807, 2.05) is 48.5 Å². The lowest BCUT2D eigenvalue weighted by Gasteiger charge is -2.12. The van der Waals surface area contributed by atoms with Crippen LogP contribution in [0.1, 0.15) is 0 Å². The van der Waals surface area contributed by atoms with E-state index >= 15 is 0 Å². The summed E-state index contributed by atoms with van der Waals surface area (Å²) in [7, 11) is 0. The Morgan fingerprint density at radius 2 is 0.846 bits per heavy atom. The summed E-state index contributed by atoms with van der Waals surface area (Å²) in [5.41, 5.74) is 4.98. The van der Waals surface area contributed by atoms with Crippen molar-refractivity contribution in [3.8, 4) is 23.3 Å². The smallest absolute Gasteiger partial charge is 0.240 e. The third kappa shape index (κ3) is 3.37. The van der Waals surface area contributed by atoms with Gasteiger partial charge in [-0.2, -0.15) is 15.0 Å². The Morgan fingerprint density at radius 3 is 1.26 bits per heavy atom. The molecule has 8 aromatic rings. The van der Waals surface area contributed by atoms with Gasteiger partial charge < -0.3 is 0 Å². The van der Waals surface area contributed by atoms with Crippen molar-refractivity contribution in [3.63, 3.8) is 0 Å². The third-order valence-electron chi connectivity index (χ3n) is 7.25. The highest BCUT2D eigenvalue weighted by Crippen LogP contribution is 2.34. The van der Waals surface area contributed by atoms with Crippen LogP contribution in [0.4, 0.5) is 0 Å². The molecule has 0 bridgehead atoms. The van der Waals surface area contributed by atoms with Gasteiger partial charge in [0.25, 0.3) is 0 Å². The second-order valence-corrected chi connectivity index (χ2v) is 9.95. The average molecular weight is 522 g/mol. The highest BCUT2D eigenvalue weighted by atomic mass is 35.5. The zero-order valence-corrected chi connectivity index (χ0v) is 21.4. The van der Waals surface area contributed by atoms with Crippen LogP contribution in [0, 0.1) is 0 Å². The Hall–Kier alpha value is -5.00. The lowest BCUT2D eigenvalue weighted by atomic mass is 10.2. The first kappa shape index (κ1) is 22.0. The van der Waals surface area contributed by atoms with Gasteiger partial charge in [0, 0.05) is 32.1 Å². The topological polar surface area (TPSA) is 48.5 Å². The number of aromatic nitrogens is 5. The quantitative estimate of drug-likeness (QED) is 0.234. The summed E-state index contributed by atoms with van der Waals surface area (Å²) in [6.07, 6.45) is 0. The van der Waals surface area contributed by atoms with Crippen molar-refractivity contribution in [1.82, 2.24) is 24.1 Å². The molecule has 3 heterocycles. The number of para-hydroxylation sites is 4. The number of hydrogen-bond donors (Lipinski definition) is 0. The molecule has 3 aromatic heterocycles. The van der Waals surface area contributed by atoms with Crippen molar-refractivity contribution in [3.05, 3.63) is 126 Å². The monoisotopic (exact) mass is 521 g/mol. The molecular formula is C33H20ClN5. The fraction of sp³-hybridized carbons (Fsp3) is 0. The molecule has 0 N–H and O–H groups in total. The standard InChI is InChI=1S/C33H20ClN5/c34-22-11-9-10-21(20-22)31-35-32(38-27-16-5-1-12-23(27)24-13-2-6-17-28(24)38)37-33(36-31)39-29-18-7-3-14-25(29)26-15-4-8-19-30(26)39/h1-20H. The lowest BCUT2D eigenvalue weighted by molar-refractivity contribution is 0.893. The highest BCUT2D eigenvalue weighted by Gasteiger charge is 2.20. The Labute approximate surface area is 228 Å². The van der Waals surface area contributed by atoms with Crippen molar-refractivity contribution in [2.24, 2.45) is 0 Å². The van der Waals surface area contributed by atoms with E-state index in [4.69, 9.17) is 26.6 Å². The van der Waals surface area contributed by atoms with Gasteiger partial charge in [-0.3, -0.25) is 9.13 Å². The molecule has 0 amide bonds. The second kappa shape index (κ2) is 8.51. The van der Waals surface area contributed by atoms with Crippen LogP contribution < -0.4 is 0 Å². The number of halogens is 1. The van der Waals surface area contributed by atoms with Crippen molar-refractivity contribution in [2.45, 2.75) is 0 Å². The minimum atomic E-state index is 0.550. The third-order valence-corrected chi connectivity index (χ3v) is 7.49. The van der Waals surface area contributed by atoms with E-state index in [0.29, 0.717) is 22.7 Å². The molecule has 0 saturated carbocycles. The number of fused-ring (bicyclic) bond motifs is 6. The first-order valence-corrected chi connectivity index (χ1v) is 13.1. The molecule has 0 unspecified atom stereocenters. The van der Waals surface area contributed by atoms with Crippen LogP contribution >= 0.6 is 11.6 Å². The van der Waals surface area contributed by atoms with E-state index in [9.17, 15) is 0 Å². The van der Waals surface area contributed by atoms with Crippen LogP contribution in [0.3, 0.4) is 0 Å². The van der Waals surface area contributed by atoms with Crippen molar-refractivity contribution >= 4 is 55.2 Å². The van der Waals surface area contributed by atoms with Gasteiger partial charge in [0.15, 0.2) is 5.82 Å². The maximum atomic E-state index is 6.40. The Kier molecular flexibility index (Phi) is 4.81. The summed E-state index contributed by atoms with van der Waals surface area (Å²) in [6.45, 7) is 0. The first-order chi connectivity index (χ1) is 19.3. The van der Waals surface area contributed by atoms with Crippen LogP contribution in [0.2, 0.25) is 5.02 Å². The largest absolute Gasteiger partial charge is 0.278 e. The van der Waals surface area contributed by atoms with Crippen molar-refractivity contribution in [2.75, 3.05) is 0 Å². The lowest BCUT2D eigenvalue weighted by Crippen LogP contribution is -2.10. The van der Waals surface area contributed by atoms with Gasteiger partial charge in [0.1, 0.15) is 0 Å². The van der Waals surface area contributed by atoms with Gasteiger partial charge in [-0.1, -0.05) is 96.5 Å². The molecule has 0 radical (unpaired) electrons. The zero-order valence-electron chi connectivity index (χ0n) is 20.7. The molecule has 0 spiro atoms. The summed E-state index contributed by atoms with van der Waals surface area (Å²) in [5, 5.41) is 5.23. The molecular weight excluding hydrogens is 502 g/mol. The zero-order chi connectivity index (χ0) is 25.9. The fourth-order valence-electron chi connectivity index (χ4n) is 5.59. The van der Waals surface area contributed by atoms with Crippen LogP contribution in [0.25, 0.3) is 66.9 Å². The Bertz CT molecular complexity index is 1970. The van der Waals surface area contributed by atoms with Gasteiger partial charge in [-0.05, 0) is 36.4 Å². The second-order valence-electron chi connectivity index (χ2n) is 9.51. The van der Waals surface area contributed by atoms with Gasteiger partial charge >= 0.3 is 0 Å². The van der Waals surface area contributed by atoms with Crippen LogP contribution in [0.15, 0.2) is 121 Å². The van der Waals surface area contributed by atoms with Crippen LogP contribution in [-0.4, -0.2) is 24.1 Å². The average Bonchev–Trinajstić information content (AvgIpc) is 3.50. The number of rotatable bonds is 3. The first-order valence-electron chi connectivity index (χ1n) is 12.8. The number of hydrogen-bond acceptors (Lipinski definition) is 3. The summed E-state index contributed by atoms with van der Waals surface area (Å²) < 4.78 is 4.25. The predicted octanol–water partition coefficient (Wildman–Crippen LogP) is 8.39. The fourth-order valence-corrected chi connectivity index (χ4v) is 5.78. The van der Waals surface area contributed by atoms with Crippen LogP contribution in [-0.2, 0) is 0 Å². The predicted molar refractivity (Wildman–Crippen MR) is 159 cm³/mol. The number of nitrogens with zero attached hydrogens (tertiary/aromatic N) is 5. The minimum Gasteiger partial charge on any atom is -0.278 e. The summed E-state index contributed by atoms with van der Waals surface area (Å²) in [4.78, 5) is 15.2. The molecule has 0 aliphatic heterocycles. The van der Waals surface area contributed by atoms with Gasteiger partial charge in [0.2, 0.25) is 11.9 Å². The summed E-state index contributed by atoms with van der Waals surface area (Å²) in [5.74, 6) is 1.66. The normalized spacial score (nSPS) is 11.7. The van der Waals surface area contributed by atoms with E-state index in [1.165, 1.54) is 0 Å². The molecule has 6 heteroatoms. The van der Waals surface area contributed by atoms with Crippen molar-refractivity contribution in [1.29, 1.82) is 0 Å². The Balaban J connectivity index is 1.51. The molecule has 39 heavy (non-hydrogen) atoms. The molecule has 0 aliphatic carbocycles. The summed E-state index contributed by atoms with van der Waals surface area (Å²) in [6, 6.07) is 41.1. The molecule has 0 aliphatic rings. The molecule has 8 rings (SSSR count). The maximum Gasteiger partial charge on any atom is 0.240 e. The van der Waals surface area contributed by atoms with Gasteiger partial charge in [-0.15, -0.1) is 0 Å². The van der Waals surface area contributed by atoms with Crippen LogP contribution in [0.5, 0.6) is 0 Å². The molecule has 5 aromatic carbocycles. The van der Waals surface area contributed by atoms with E-state index in [-0.39, 0.29) is 0 Å². The SMILES string of the molecule is Clc1cccc(-c2nc(-n3c4ccccc4c4ccccc43)nc(-n3c4ccccc4c4ccccc43)n2)c1. The van der Waals surface area contributed by atoms with E-state index in [0.717, 1.165) is 49.2 Å². The Morgan fingerprint density at radius 1 is 0.436 bits per heavy atom.